The molecule has 96 valence electrons. The quantitative estimate of drug-likeness (QED) is 0.873. The standard InChI is InChI=1S/C16H14O3/c1-2-18-12-7-8-13-14(17)10-15(19-16(13)9-12)11-5-3-4-6-11/h3-10,17H,2H2,1H3. The molecule has 0 radical (unpaired) electrons. The van der Waals surface area contributed by atoms with Gasteiger partial charge in [0.2, 0.25) is 0 Å². The fraction of sp³-hybridized carbons (Fsp3) is 0.125. The molecule has 19 heavy (non-hydrogen) atoms. The van der Waals surface area contributed by atoms with Gasteiger partial charge in [-0.25, -0.2) is 0 Å². The molecule has 0 bridgehead atoms. The predicted molar refractivity (Wildman–Crippen MR) is 74.2 cm³/mol. The highest BCUT2D eigenvalue weighted by atomic mass is 16.5. The molecule has 0 atom stereocenters. The zero-order valence-electron chi connectivity index (χ0n) is 10.6. The first-order chi connectivity index (χ1) is 9.28. The van der Waals surface area contributed by atoms with E-state index in [9.17, 15) is 5.11 Å². The molecule has 1 aromatic carbocycles. The minimum atomic E-state index is 0.209. The van der Waals surface area contributed by atoms with Crippen LogP contribution in [0.3, 0.4) is 0 Å². The molecule has 1 N–H and O–H groups in total. The fourth-order valence-electron chi connectivity index (χ4n) is 2.09. The van der Waals surface area contributed by atoms with Crippen LogP contribution in [0.15, 0.2) is 59.9 Å². The van der Waals surface area contributed by atoms with E-state index in [0.717, 1.165) is 11.3 Å². The van der Waals surface area contributed by atoms with Crippen molar-refractivity contribution in [3.63, 3.8) is 0 Å². The molecule has 0 unspecified atom stereocenters. The van der Waals surface area contributed by atoms with Crippen molar-refractivity contribution in [1.29, 1.82) is 0 Å². The normalized spacial score (nSPS) is 16.2. The summed E-state index contributed by atoms with van der Waals surface area (Å²) in [6.45, 7) is 2.53. The van der Waals surface area contributed by atoms with Crippen LogP contribution >= 0.6 is 0 Å². The smallest absolute Gasteiger partial charge is 0.142 e. The maximum Gasteiger partial charge on any atom is 0.142 e. The molecule has 0 amide bonds. The monoisotopic (exact) mass is 254 g/mol. The first-order valence-electron chi connectivity index (χ1n) is 6.22. The van der Waals surface area contributed by atoms with E-state index >= 15 is 0 Å². The molecule has 3 nitrogen and oxygen atoms in total. The van der Waals surface area contributed by atoms with Gasteiger partial charge >= 0.3 is 0 Å². The average Bonchev–Trinajstić information content (AvgIpc) is 2.92. The first kappa shape index (κ1) is 11.7. The summed E-state index contributed by atoms with van der Waals surface area (Å²) in [5.41, 5.74) is 1.62. The number of aliphatic hydroxyl groups excluding tert-OH is 1. The molecule has 1 aliphatic heterocycles. The summed E-state index contributed by atoms with van der Waals surface area (Å²) in [7, 11) is 0. The molecule has 0 fully saturated rings. The summed E-state index contributed by atoms with van der Waals surface area (Å²) < 4.78 is 11.3. The minimum Gasteiger partial charge on any atom is -0.507 e. The van der Waals surface area contributed by atoms with Crippen LogP contribution in [-0.4, -0.2) is 11.7 Å². The number of rotatable bonds is 2. The first-order valence-corrected chi connectivity index (χ1v) is 6.22. The van der Waals surface area contributed by atoms with Gasteiger partial charge < -0.3 is 14.6 Å². The Kier molecular flexibility index (Phi) is 2.88. The number of benzene rings is 1. The fourth-order valence-corrected chi connectivity index (χ4v) is 2.09. The van der Waals surface area contributed by atoms with E-state index in [4.69, 9.17) is 9.47 Å². The maximum absolute atomic E-state index is 10.1. The number of hydrogen-bond acceptors (Lipinski definition) is 3. The Balaban J connectivity index is 2.03. The lowest BCUT2D eigenvalue weighted by Gasteiger charge is -2.19. The molecule has 0 spiro atoms. The van der Waals surface area contributed by atoms with Gasteiger partial charge in [0.15, 0.2) is 0 Å². The number of aliphatic hydroxyl groups is 1. The van der Waals surface area contributed by atoms with Crippen molar-refractivity contribution >= 4 is 5.76 Å². The highest BCUT2D eigenvalue weighted by Crippen LogP contribution is 2.36. The van der Waals surface area contributed by atoms with Gasteiger partial charge in [0.1, 0.15) is 23.0 Å². The van der Waals surface area contributed by atoms with Crippen LogP contribution in [0, 0.1) is 0 Å². The van der Waals surface area contributed by atoms with Crippen LogP contribution < -0.4 is 9.47 Å². The molecule has 1 aliphatic carbocycles. The molecule has 1 aromatic rings. The predicted octanol–water partition coefficient (Wildman–Crippen LogP) is 3.76. The summed E-state index contributed by atoms with van der Waals surface area (Å²) in [6.07, 6.45) is 9.39. The van der Waals surface area contributed by atoms with Crippen molar-refractivity contribution in [2.24, 2.45) is 0 Å². The second kappa shape index (κ2) is 4.69. The molecule has 0 aromatic heterocycles. The second-order valence-corrected chi connectivity index (χ2v) is 4.26. The third-order valence-electron chi connectivity index (χ3n) is 2.97. The largest absolute Gasteiger partial charge is 0.507 e. The Morgan fingerprint density at radius 2 is 2.00 bits per heavy atom. The molecule has 2 aliphatic rings. The van der Waals surface area contributed by atoms with Crippen molar-refractivity contribution in [3.05, 3.63) is 65.5 Å². The minimum absolute atomic E-state index is 0.209. The van der Waals surface area contributed by atoms with E-state index in [-0.39, 0.29) is 5.76 Å². The van der Waals surface area contributed by atoms with Crippen molar-refractivity contribution in [2.45, 2.75) is 6.92 Å². The summed E-state index contributed by atoms with van der Waals surface area (Å²) in [5.74, 6) is 2.20. The number of allylic oxidation sites excluding steroid dienone is 6. The maximum atomic E-state index is 10.1. The third-order valence-corrected chi connectivity index (χ3v) is 2.97. The molecule has 0 saturated carbocycles. The Morgan fingerprint density at radius 1 is 1.21 bits per heavy atom. The number of hydrogen-bond donors (Lipinski definition) is 1. The summed E-state index contributed by atoms with van der Waals surface area (Å²) >= 11 is 0. The van der Waals surface area contributed by atoms with Gasteiger partial charge in [0.05, 0.1) is 12.2 Å². The Bertz CT molecular complexity index is 619. The van der Waals surface area contributed by atoms with Crippen LogP contribution in [0.25, 0.3) is 5.76 Å². The van der Waals surface area contributed by atoms with E-state index in [1.807, 2.05) is 37.3 Å². The van der Waals surface area contributed by atoms with Crippen molar-refractivity contribution < 1.29 is 14.6 Å². The Labute approximate surface area is 111 Å². The molecule has 0 saturated heterocycles. The summed E-state index contributed by atoms with van der Waals surface area (Å²) in [5, 5.41) is 10.1. The molecular formula is C16H14O3. The topological polar surface area (TPSA) is 38.7 Å². The second-order valence-electron chi connectivity index (χ2n) is 4.26. The Morgan fingerprint density at radius 3 is 2.74 bits per heavy atom. The third kappa shape index (κ3) is 2.15. The van der Waals surface area contributed by atoms with Gasteiger partial charge in [0.25, 0.3) is 0 Å². The van der Waals surface area contributed by atoms with Crippen LogP contribution in [0.2, 0.25) is 0 Å². The Hall–Kier alpha value is -2.42. The van der Waals surface area contributed by atoms with Crippen LogP contribution in [0.4, 0.5) is 0 Å². The highest BCUT2D eigenvalue weighted by molar-refractivity contribution is 5.71. The molecule has 3 heteroatoms. The van der Waals surface area contributed by atoms with E-state index in [0.29, 0.717) is 23.7 Å². The van der Waals surface area contributed by atoms with E-state index < -0.39 is 0 Å². The van der Waals surface area contributed by atoms with Crippen molar-refractivity contribution in [3.8, 4) is 11.5 Å². The summed E-state index contributed by atoms with van der Waals surface area (Å²) in [4.78, 5) is 0. The van der Waals surface area contributed by atoms with Gasteiger partial charge in [-0.05, 0) is 19.1 Å². The van der Waals surface area contributed by atoms with E-state index in [1.165, 1.54) is 0 Å². The van der Waals surface area contributed by atoms with Gasteiger partial charge in [-0.2, -0.15) is 0 Å². The number of ether oxygens (including phenoxy) is 2. The highest BCUT2D eigenvalue weighted by Gasteiger charge is 2.19. The van der Waals surface area contributed by atoms with Gasteiger partial charge in [-0.15, -0.1) is 0 Å². The SMILES string of the molecule is CCOc1ccc2c(c1)OC(=C1C=CC=C1)C=C2O. The van der Waals surface area contributed by atoms with Crippen LogP contribution in [-0.2, 0) is 0 Å². The van der Waals surface area contributed by atoms with Crippen molar-refractivity contribution in [1.82, 2.24) is 0 Å². The zero-order valence-corrected chi connectivity index (χ0v) is 10.6. The summed E-state index contributed by atoms with van der Waals surface area (Å²) in [6, 6.07) is 5.42. The van der Waals surface area contributed by atoms with E-state index in [2.05, 4.69) is 0 Å². The lowest BCUT2D eigenvalue weighted by atomic mass is 10.1. The van der Waals surface area contributed by atoms with Gasteiger partial charge in [-0.3, -0.25) is 0 Å². The number of fused-ring (bicyclic) bond motifs is 1. The molecular weight excluding hydrogens is 240 g/mol. The lowest BCUT2D eigenvalue weighted by molar-refractivity contribution is 0.336. The van der Waals surface area contributed by atoms with Gasteiger partial charge in [0, 0.05) is 17.7 Å². The van der Waals surface area contributed by atoms with Crippen LogP contribution in [0.5, 0.6) is 11.5 Å². The van der Waals surface area contributed by atoms with Crippen molar-refractivity contribution in [2.75, 3.05) is 6.61 Å². The lowest BCUT2D eigenvalue weighted by Crippen LogP contribution is -2.05. The molecule has 1 heterocycles. The average molecular weight is 254 g/mol. The van der Waals surface area contributed by atoms with Gasteiger partial charge in [-0.1, -0.05) is 24.3 Å². The zero-order chi connectivity index (χ0) is 13.2. The van der Waals surface area contributed by atoms with E-state index in [1.54, 1.807) is 18.2 Å². The van der Waals surface area contributed by atoms with Crippen LogP contribution in [0.1, 0.15) is 12.5 Å². The molecule has 3 rings (SSSR count).